The van der Waals surface area contributed by atoms with Gasteiger partial charge in [0.1, 0.15) is 0 Å². The van der Waals surface area contributed by atoms with Crippen molar-refractivity contribution in [2.45, 2.75) is 13.0 Å². The number of aryl methyl sites for hydroxylation is 2. The average molecular weight is 385 g/mol. The topological polar surface area (TPSA) is 77.0 Å². The SMILES string of the molecule is Cn1cc(C(=O)OCC(=O)c2cn(CCC#N)c3ccccc23)c2ccccc21. The molecule has 0 aliphatic heterocycles. The zero-order chi connectivity index (χ0) is 20.4. The van der Waals surface area contributed by atoms with Crippen LogP contribution in [0.4, 0.5) is 0 Å². The van der Waals surface area contributed by atoms with Crippen molar-refractivity contribution in [3.8, 4) is 6.07 Å². The fourth-order valence-electron chi connectivity index (χ4n) is 3.62. The van der Waals surface area contributed by atoms with E-state index in [-0.39, 0.29) is 12.4 Å². The van der Waals surface area contributed by atoms with Crippen LogP contribution in [-0.4, -0.2) is 27.5 Å². The normalized spacial score (nSPS) is 10.9. The summed E-state index contributed by atoms with van der Waals surface area (Å²) in [5.74, 6) is -0.797. The van der Waals surface area contributed by atoms with Crippen molar-refractivity contribution < 1.29 is 14.3 Å². The van der Waals surface area contributed by atoms with Crippen LogP contribution in [0.15, 0.2) is 60.9 Å². The van der Waals surface area contributed by atoms with Crippen molar-refractivity contribution in [2.24, 2.45) is 7.05 Å². The first kappa shape index (κ1) is 18.5. The Morgan fingerprint density at radius 2 is 1.62 bits per heavy atom. The minimum Gasteiger partial charge on any atom is -0.454 e. The van der Waals surface area contributed by atoms with Gasteiger partial charge in [0.25, 0.3) is 0 Å². The Hall–Kier alpha value is -3.85. The Bertz CT molecular complexity index is 1270. The maximum Gasteiger partial charge on any atom is 0.340 e. The predicted molar refractivity (Wildman–Crippen MR) is 110 cm³/mol. The van der Waals surface area contributed by atoms with Crippen LogP contribution >= 0.6 is 0 Å². The fourth-order valence-corrected chi connectivity index (χ4v) is 3.62. The number of fused-ring (bicyclic) bond motifs is 2. The Balaban J connectivity index is 1.55. The molecule has 6 heteroatoms. The highest BCUT2D eigenvalue weighted by Gasteiger charge is 2.19. The molecule has 0 saturated heterocycles. The number of carbonyl (C=O) groups excluding carboxylic acids is 2. The molecule has 0 saturated carbocycles. The van der Waals surface area contributed by atoms with Crippen LogP contribution in [0.25, 0.3) is 21.8 Å². The second kappa shape index (κ2) is 7.64. The minimum absolute atomic E-state index is 0.273. The van der Waals surface area contributed by atoms with E-state index in [2.05, 4.69) is 6.07 Å². The van der Waals surface area contributed by atoms with Crippen LogP contribution in [0, 0.1) is 11.3 Å². The zero-order valence-electron chi connectivity index (χ0n) is 16.0. The molecule has 144 valence electrons. The molecule has 4 rings (SSSR count). The van der Waals surface area contributed by atoms with Gasteiger partial charge < -0.3 is 13.9 Å². The van der Waals surface area contributed by atoms with E-state index in [0.717, 1.165) is 21.8 Å². The van der Waals surface area contributed by atoms with Crippen LogP contribution < -0.4 is 0 Å². The van der Waals surface area contributed by atoms with Crippen molar-refractivity contribution in [1.29, 1.82) is 5.26 Å². The van der Waals surface area contributed by atoms with Crippen molar-refractivity contribution in [3.05, 3.63) is 72.1 Å². The number of ketones is 1. The number of benzene rings is 2. The van der Waals surface area contributed by atoms with E-state index in [1.54, 1.807) is 12.4 Å². The number of para-hydroxylation sites is 2. The zero-order valence-corrected chi connectivity index (χ0v) is 16.0. The van der Waals surface area contributed by atoms with E-state index < -0.39 is 5.97 Å². The molecule has 0 spiro atoms. The number of rotatable bonds is 6. The van der Waals surface area contributed by atoms with Gasteiger partial charge in [0.05, 0.1) is 18.1 Å². The van der Waals surface area contributed by atoms with Gasteiger partial charge in [-0.1, -0.05) is 36.4 Å². The third-order valence-corrected chi connectivity index (χ3v) is 5.00. The molecule has 0 atom stereocenters. The summed E-state index contributed by atoms with van der Waals surface area (Å²) in [7, 11) is 1.86. The number of esters is 1. The van der Waals surface area contributed by atoms with E-state index in [1.165, 1.54) is 0 Å². The summed E-state index contributed by atoms with van der Waals surface area (Å²) in [6.07, 6.45) is 3.80. The molecular formula is C23H19N3O3. The lowest BCUT2D eigenvalue weighted by Gasteiger charge is -2.03. The van der Waals surface area contributed by atoms with E-state index in [4.69, 9.17) is 10.00 Å². The van der Waals surface area contributed by atoms with Gasteiger partial charge in [-0.15, -0.1) is 0 Å². The molecule has 2 aromatic carbocycles. The summed E-state index contributed by atoms with van der Waals surface area (Å²) >= 11 is 0. The predicted octanol–water partition coefficient (Wildman–Crippen LogP) is 4.09. The largest absolute Gasteiger partial charge is 0.454 e. The van der Waals surface area contributed by atoms with Gasteiger partial charge in [-0.05, 0) is 12.1 Å². The fraction of sp³-hybridized carbons (Fsp3) is 0.174. The van der Waals surface area contributed by atoms with Gasteiger partial charge in [-0.25, -0.2) is 4.79 Å². The number of aromatic nitrogens is 2. The van der Waals surface area contributed by atoms with Gasteiger partial charge in [0, 0.05) is 53.4 Å². The van der Waals surface area contributed by atoms with Gasteiger partial charge in [0.2, 0.25) is 5.78 Å². The molecule has 0 aliphatic carbocycles. The summed E-state index contributed by atoms with van der Waals surface area (Å²) in [4.78, 5) is 25.4. The number of Topliss-reactive ketones (excluding diaryl/α,β-unsaturated/α-hetero) is 1. The highest BCUT2D eigenvalue weighted by molar-refractivity contribution is 6.10. The number of ether oxygens (including phenoxy) is 1. The smallest absolute Gasteiger partial charge is 0.340 e. The maximum absolute atomic E-state index is 12.8. The first-order valence-corrected chi connectivity index (χ1v) is 9.29. The van der Waals surface area contributed by atoms with Crippen LogP contribution in [-0.2, 0) is 18.3 Å². The molecular weight excluding hydrogens is 366 g/mol. The molecule has 0 radical (unpaired) electrons. The Labute approximate surface area is 167 Å². The van der Waals surface area contributed by atoms with Crippen molar-refractivity contribution in [1.82, 2.24) is 9.13 Å². The monoisotopic (exact) mass is 385 g/mol. The summed E-state index contributed by atoms with van der Waals surface area (Å²) in [6, 6.07) is 17.2. The summed E-state index contributed by atoms with van der Waals surface area (Å²) in [6.45, 7) is 0.161. The summed E-state index contributed by atoms with van der Waals surface area (Å²) in [5, 5.41) is 10.4. The molecule has 0 aliphatic rings. The third-order valence-electron chi connectivity index (χ3n) is 5.00. The highest BCUT2D eigenvalue weighted by atomic mass is 16.5. The second-order valence-corrected chi connectivity index (χ2v) is 6.83. The number of hydrogen-bond donors (Lipinski definition) is 0. The maximum atomic E-state index is 12.8. The molecule has 2 aromatic heterocycles. The van der Waals surface area contributed by atoms with Crippen molar-refractivity contribution in [2.75, 3.05) is 6.61 Å². The number of nitrogens with zero attached hydrogens (tertiary/aromatic N) is 3. The standard InChI is InChI=1S/C23H19N3O3/c1-25-13-19(17-8-2-4-9-20(17)25)23(28)29-15-22(27)18-14-26(12-6-11-24)21-10-5-3-7-16(18)21/h2-5,7-10,13-14H,6,12,15H2,1H3. The van der Waals surface area contributed by atoms with Crippen LogP contribution in [0.1, 0.15) is 27.1 Å². The average Bonchev–Trinajstić information content (AvgIpc) is 3.29. The summed E-state index contributed by atoms with van der Waals surface area (Å²) < 4.78 is 9.09. The quantitative estimate of drug-likeness (QED) is 0.370. The number of hydrogen-bond acceptors (Lipinski definition) is 4. The molecule has 29 heavy (non-hydrogen) atoms. The molecule has 0 unspecified atom stereocenters. The molecule has 4 aromatic rings. The van der Waals surface area contributed by atoms with Crippen molar-refractivity contribution in [3.63, 3.8) is 0 Å². The minimum atomic E-state index is -0.525. The number of carbonyl (C=O) groups is 2. The molecule has 2 heterocycles. The summed E-state index contributed by atoms with van der Waals surface area (Å²) in [5.41, 5.74) is 2.73. The van der Waals surface area contributed by atoms with Gasteiger partial charge >= 0.3 is 5.97 Å². The molecule has 6 nitrogen and oxygen atoms in total. The lowest BCUT2D eigenvalue weighted by Crippen LogP contribution is -2.14. The van der Waals surface area contributed by atoms with E-state index in [9.17, 15) is 9.59 Å². The van der Waals surface area contributed by atoms with Gasteiger partial charge in [-0.2, -0.15) is 5.26 Å². The Morgan fingerprint density at radius 3 is 2.34 bits per heavy atom. The number of nitriles is 1. The molecule has 0 N–H and O–H groups in total. The van der Waals surface area contributed by atoms with Crippen molar-refractivity contribution >= 4 is 33.6 Å². The Kier molecular flexibility index (Phi) is 4.88. The third kappa shape index (κ3) is 3.39. The van der Waals surface area contributed by atoms with E-state index in [1.807, 2.05) is 64.7 Å². The molecule has 0 amide bonds. The van der Waals surface area contributed by atoms with Crippen LogP contribution in [0.2, 0.25) is 0 Å². The lowest BCUT2D eigenvalue weighted by molar-refractivity contribution is 0.0477. The van der Waals surface area contributed by atoms with Crippen LogP contribution in [0.3, 0.4) is 0 Å². The van der Waals surface area contributed by atoms with Gasteiger partial charge in [-0.3, -0.25) is 4.79 Å². The Morgan fingerprint density at radius 1 is 0.966 bits per heavy atom. The van der Waals surface area contributed by atoms with Gasteiger partial charge in [0.15, 0.2) is 6.61 Å². The highest BCUT2D eigenvalue weighted by Crippen LogP contribution is 2.23. The molecule has 0 fully saturated rings. The molecule has 0 bridgehead atoms. The van der Waals surface area contributed by atoms with Crippen LogP contribution in [0.5, 0.6) is 0 Å². The lowest BCUT2D eigenvalue weighted by atomic mass is 10.1. The van der Waals surface area contributed by atoms with E-state index >= 15 is 0 Å². The van der Waals surface area contributed by atoms with E-state index in [0.29, 0.717) is 24.1 Å². The first-order chi connectivity index (χ1) is 14.1. The first-order valence-electron chi connectivity index (χ1n) is 9.29. The second-order valence-electron chi connectivity index (χ2n) is 6.83.